The predicted molar refractivity (Wildman–Crippen MR) is 137 cm³/mol. The van der Waals surface area contributed by atoms with Crippen molar-refractivity contribution < 1.29 is 23.9 Å². The van der Waals surface area contributed by atoms with Gasteiger partial charge in [0, 0.05) is 30.8 Å². The number of benzene rings is 2. The molecule has 1 fully saturated rings. The van der Waals surface area contributed by atoms with E-state index in [1.54, 1.807) is 30.0 Å². The number of hydrogen-bond donors (Lipinski definition) is 2. The highest BCUT2D eigenvalue weighted by Crippen LogP contribution is 2.12. The third-order valence-electron chi connectivity index (χ3n) is 5.96. The van der Waals surface area contributed by atoms with Crippen LogP contribution >= 0.6 is 0 Å². The average Bonchev–Trinajstić information content (AvgIpc) is 2.91. The summed E-state index contributed by atoms with van der Waals surface area (Å²) in [5.74, 6) is -0.788. The number of nitrogens with two attached hydrogens (primary N) is 1. The Morgan fingerprint density at radius 1 is 1.06 bits per heavy atom. The van der Waals surface area contributed by atoms with Crippen LogP contribution in [0.5, 0.6) is 0 Å². The van der Waals surface area contributed by atoms with Crippen LogP contribution in [0.3, 0.4) is 0 Å². The minimum atomic E-state index is -0.777. The number of carbonyl (C=O) groups is 3. The fourth-order valence-electron chi connectivity index (χ4n) is 3.94. The Morgan fingerprint density at radius 3 is 2.42 bits per heavy atom. The Hall–Kier alpha value is -3.49. The third kappa shape index (κ3) is 8.62. The molecule has 0 radical (unpaired) electrons. The topological polar surface area (TPSA) is 111 Å². The van der Waals surface area contributed by atoms with Crippen LogP contribution < -0.4 is 11.1 Å². The summed E-state index contributed by atoms with van der Waals surface area (Å²) in [6.45, 7) is 4.30. The van der Waals surface area contributed by atoms with Gasteiger partial charge in [-0.25, -0.2) is 4.79 Å². The third-order valence-corrected chi connectivity index (χ3v) is 5.96. The number of nitrogens with zero attached hydrogens (tertiary/aromatic N) is 1. The van der Waals surface area contributed by atoms with Crippen molar-refractivity contribution in [3.8, 4) is 0 Å². The molecule has 0 bridgehead atoms. The van der Waals surface area contributed by atoms with Crippen molar-refractivity contribution in [3.05, 3.63) is 83.4 Å². The van der Waals surface area contributed by atoms with Crippen LogP contribution in [0.1, 0.15) is 34.8 Å². The van der Waals surface area contributed by atoms with E-state index in [1.165, 1.54) is 6.08 Å². The minimum absolute atomic E-state index is 0.0264. The molecule has 1 aliphatic rings. The zero-order valence-corrected chi connectivity index (χ0v) is 20.7. The van der Waals surface area contributed by atoms with E-state index in [0.29, 0.717) is 44.7 Å². The van der Waals surface area contributed by atoms with Crippen molar-refractivity contribution >= 4 is 17.8 Å². The van der Waals surface area contributed by atoms with E-state index in [9.17, 15) is 14.4 Å². The van der Waals surface area contributed by atoms with Gasteiger partial charge in [-0.05, 0) is 49.4 Å². The molecule has 0 saturated carbocycles. The Kier molecular flexibility index (Phi) is 10.7. The molecular weight excluding hydrogens is 458 g/mol. The van der Waals surface area contributed by atoms with Crippen LogP contribution in [0.15, 0.2) is 66.7 Å². The monoisotopic (exact) mass is 493 g/mol. The van der Waals surface area contributed by atoms with Gasteiger partial charge in [-0.3, -0.25) is 9.59 Å². The Labute approximate surface area is 212 Å². The molecule has 2 aromatic rings. The van der Waals surface area contributed by atoms with Crippen LogP contribution in [-0.2, 0) is 31.9 Å². The van der Waals surface area contributed by atoms with E-state index in [4.69, 9.17) is 15.2 Å². The summed E-state index contributed by atoms with van der Waals surface area (Å²) in [6.07, 6.45) is 4.65. The highest BCUT2D eigenvalue weighted by Gasteiger charge is 2.20. The van der Waals surface area contributed by atoms with Crippen molar-refractivity contribution in [1.29, 1.82) is 0 Å². The van der Waals surface area contributed by atoms with Crippen LogP contribution in [0, 0.1) is 0 Å². The Morgan fingerprint density at radius 2 is 1.75 bits per heavy atom. The molecule has 0 spiro atoms. The molecule has 8 nitrogen and oxygen atoms in total. The van der Waals surface area contributed by atoms with E-state index < -0.39 is 12.0 Å². The van der Waals surface area contributed by atoms with E-state index in [1.807, 2.05) is 42.5 Å². The van der Waals surface area contributed by atoms with Crippen LogP contribution in [-0.4, -0.2) is 67.7 Å². The first kappa shape index (κ1) is 27.1. The van der Waals surface area contributed by atoms with Gasteiger partial charge in [0.15, 0.2) is 0 Å². The first-order valence-corrected chi connectivity index (χ1v) is 12.4. The van der Waals surface area contributed by atoms with Crippen LogP contribution in [0.25, 0.3) is 0 Å². The molecule has 192 valence electrons. The fraction of sp³-hybridized carbons (Fsp3) is 0.393. The zero-order valence-electron chi connectivity index (χ0n) is 20.7. The molecule has 2 atom stereocenters. The lowest BCUT2D eigenvalue weighted by atomic mass is 10.0. The number of morpholine rings is 1. The minimum Gasteiger partial charge on any atom is -0.463 e. The molecule has 3 rings (SSSR count). The molecule has 0 aliphatic carbocycles. The summed E-state index contributed by atoms with van der Waals surface area (Å²) in [5.41, 5.74) is 8.80. The number of aryl methyl sites for hydroxylation is 1. The second-order valence-corrected chi connectivity index (χ2v) is 8.66. The number of amides is 2. The largest absolute Gasteiger partial charge is 0.463 e. The Bertz CT molecular complexity index is 1020. The van der Waals surface area contributed by atoms with E-state index in [0.717, 1.165) is 17.5 Å². The van der Waals surface area contributed by atoms with Gasteiger partial charge in [0.05, 0.1) is 25.9 Å². The molecule has 36 heavy (non-hydrogen) atoms. The quantitative estimate of drug-likeness (QED) is 0.367. The summed E-state index contributed by atoms with van der Waals surface area (Å²) in [7, 11) is 0. The molecule has 2 aromatic carbocycles. The van der Waals surface area contributed by atoms with Crippen molar-refractivity contribution in [3.63, 3.8) is 0 Å². The lowest BCUT2D eigenvalue weighted by molar-refractivity contribution is -0.137. The van der Waals surface area contributed by atoms with Gasteiger partial charge in [-0.2, -0.15) is 0 Å². The first-order valence-electron chi connectivity index (χ1n) is 12.4. The molecule has 1 aliphatic heterocycles. The summed E-state index contributed by atoms with van der Waals surface area (Å²) in [4.78, 5) is 39.0. The molecule has 2 amide bonds. The maximum atomic E-state index is 12.9. The molecule has 0 unspecified atom stereocenters. The second-order valence-electron chi connectivity index (χ2n) is 8.66. The fourth-order valence-corrected chi connectivity index (χ4v) is 3.94. The van der Waals surface area contributed by atoms with Gasteiger partial charge >= 0.3 is 5.97 Å². The van der Waals surface area contributed by atoms with Crippen molar-refractivity contribution in [1.82, 2.24) is 10.2 Å². The number of esters is 1. The number of nitrogens with one attached hydrogen (secondary N) is 1. The van der Waals surface area contributed by atoms with Gasteiger partial charge < -0.3 is 25.4 Å². The summed E-state index contributed by atoms with van der Waals surface area (Å²) in [6, 6.07) is 16.0. The van der Waals surface area contributed by atoms with E-state index >= 15 is 0 Å². The normalized spacial score (nSPS) is 15.3. The summed E-state index contributed by atoms with van der Waals surface area (Å²) >= 11 is 0. The smallest absolute Gasteiger partial charge is 0.330 e. The van der Waals surface area contributed by atoms with Gasteiger partial charge in [-0.1, -0.05) is 48.5 Å². The number of hydrogen-bond acceptors (Lipinski definition) is 6. The van der Waals surface area contributed by atoms with Crippen LogP contribution in [0.2, 0.25) is 0 Å². The van der Waals surface area contributed by atoms with Gasteiger partial charge in [0.25, 0.3) is 5.91 Å². The average molecular weight is 494 g/mol. The highest BCUT2D eigenvalue weighted by atomic mass is 16.5. The van der Waals surface area contributed by atoms with Gasteiger partial charge in [0.2, 0.25) is 5.91 Å². The maximum absolute atomic E-state index is 12.9. The molecule has 1 heterocycles. The molecule has 8 heteroatoms. The van der Waals surface area contributed by atoms with Crippen molar-refractivity contribution in [2.45, 2.75) is 38.3 Å². The molecule has 0 aromatic heterocycles. The van der Waals surface area contributed by atoms with E-state index in [2.05, 4.69) is 5.32 Å². The number of ether oxygens (including phenoxy) is 2. The van der Waals surface area contributed by atoms with Gasteiger partial charge in [0.1, 0.15) is 0 Å². The lowest BCUT2D eigenvalue weighted by Gasteiger charge is -2.26. The highest BCUT2D eigenvalue weighted by molar-refractivity contribution is 5.94. The summed E-state index contributed by atoms with van der Waals surface area (Å²) in [5, 5.41) is 2.95. The van der Waals surface area contributed by atoms with E-state index in [-0.39, 0.29) is 24.5 Å². The maximum Gasteiger partial charge on any atom is 0.330 e. The van der Waals surface area contributed by atoms with Crippen LogP contribution in [0.4, 0.5) is 0 Å². The second kappa shape index (κ2) is 14.2. The molecular formula is C28H35N3O5. The van der Waals surface area contributed by atoms with Crippen molar-refractivity contribution in [2.75, 3.05) is 32.9 Å². The molecule has 3 N–H and O–H groups in total. The number of carbonyl (C=O) groups excluding carboxylic acids is 3. The SMILES string of the molecule is CCOC(=O)/C=C/[C@H](CCc1ccccc1)NC(=O)[C@@H](N)Cc1ccc(C(=O)N2CCOCC2)cc1. The predicted octanol–water partition coefficient (Wildman–Crippen LogP) is 2.27. The Balaban J connectivity index is 1.57. The van der Waals surface area contributed by atoms with Gasteiger partial charge in [-0.15, -0.1) is 0 Å². The lowest BCUT2D eigenvalue weighted by Crippen LogP contribution is -2.46. The van der Waals surface area contributed by atoms with Crippen molar-refractivity contribution in [2.24, 2.45) is 5.73 Å². The molecule has 1 saturated heterocycles. The standard InChI is InChI=1S/C28H35N3O5/c1-2-36-26(32)15-14-24(13-10-21-6-4-3-5-7-21)30-27(33)25(29)20-22-8-11-23(12-9-22)28(34)31-16-18-35-19-17-31/h3-9,11-12,14-15,24-25H,2,10,13,16-20,29H2,1H3,(H,30,33)/b15-14+/t24-,25-/m0/s1. The summed E-state index contributed by atoms with van der Waals surface area (Å²) < 4.78 is 10.3. The first-order chi connectivity index (χ1) is 17.5. The zero-order chi connectivity index (χ0) is 25.8. The number of rotatable bonds is 11.